The van der Waals surface area contributed by atoms with Crippen molar-refractivity contribution in [1.82, 2.24) is 15.1 Å². The zero-order chi connectivity index (χ0) is 27.4. The molecule has 3 rings (SSSR count). The summed E-state index contributed by atoms with van der Waals surface area (Å²) in [6, 6.07) is 8.20. The lowest BCUT2D eigenvalue weighted by Gasteiger charge is -2.33. The van der Waals surface area contributed by atoms with Crippen LogP contribution in [0.4, 0.5) is 26.3 Å². The number of hydrogen-bond acceptors (Lipinski definition) is 5. The first-order valence-electron chi connectivity index (χ1n) is 11.1. The summed E-state index contributed by atoms with van der Waals surface area (Å²) in [5.74, 6) is -0.515. The lowest BCUT2D eigenvalue weighted by molar-refractivity contribution is -0.143. The van der Waals surface area contributed by atoms with Gasteiger partial charge in [0, 0.05) is 38.2 Å². The summed E-state index contributed by atoms with van der Waals surface area (Å²) in [7, 11) is 1.50. The third kappa shape index (κ3) is 7.45. The van der Waals surface area contributed by atoms with Crippen molar-refractivity contribution in [2.24, 2.45) is 5.73 Å². The second kappa shape index (κ2) is 11.5. The smallest absolute Gasteiger partial charge is 0.391 e. The number of halogens is 7. The minimum absolute atomic E-state index is 0.0593. The number of nitrogens with zero attached hydrogens (tertiary/aromatic N) is 2. The topological polar surface area (TPSA) is 70.8 Å². The summed E-state index contributed by atoms with van der Waals surface area (Å²) < 4.78 is 84.8. The number of benzene rings is 2. The van der Waals surface area contributed by atoms with Gasteiger partial charge in [0.05, 0.1) is 24.3 Å². The number of amides is 1. The van der Waals surface area contributed by atoms with Gasteiger partial charge in [-0.05, 0) is 35.4 Å². The summed E-state index contributed by atoms with van der Waals surface area (Å²) in [4.78, 5) is 16.1. The number of nitrogens with one attached hydrogen (secondary N) is 1. The van der Waals surface area contributed by atoms with E-state index in [0.717, 1.165) is 0 Å². The van der Waals surface area contributed by atoms with Crippen LogP contribution >= 0.6 is 11.6 Å². The molecular weight excluding hydrogens is 526 g/mol. The van der Waals surface area contributed by atoms with E-state index >= 15 is 0 Å². The molecule has 202 valence electrons. The van der Waals surface area contributed by atoms with Crippen molar-refractivity contribution >= 4 is 17.5 Å². The van der Waals surface area contributed by atoms with Crippen molar-refractivity contribution in [1.29, 1.82) is 0 Å². The van der Waals surface area contributed by atoms with Crippen molar-refractivity contribution in [3.63, 3.8) is 0 Å². The monoisotopic (exact) mass is 550 g/mol. The van der Waals surface area contributed by atoms with Crippen molar-refractivity contribution in [2.75, 3.05) is 33.4 Å². The molecule has 3 N–H and O–H groups in total. The first-order chi connectivity index (χ1) is 17.3. The maximum Gasteiger partial charge on any atom is 0.416 e. The van der Waals surface area contributed by atoms with Crippen LogP contribution in [0.3, 0.4) is 0 Å². The second-order valence-corrected chi connectivity index (χ2v) is 8.79. The van der Waals surface area contributed by atoms with Crippen LogP contribution in [-0.2, 0) is 35.0 Å². The largest absolute Gasteiger partial charge is 0.416 e. The number of carbonyl (C=O) groups excluding carboxylic acids is 1. The number of nitrogens with two attached hydrogens (primary N) is 1. The van der Waals surface area contributed by atoms with E-state index in [0.29, 0.717) is 49.0 Å². The van der Waals surface area contributed by atoms with E-state index < -0.39 is 35.9 Å². The Labute approximate surface area is 214 Å². The van der Waals surface area contributed by atoms with Crippen LogP contribution in [-0.4, -0.2) is 49.1 Å². The Morgan fingerprint density at radius 1 is 1.05 bits per heavy atom. The van der Waals surface area contributed by atoms with E-state index in [1.807, 2.05) is 0 Å². The van der Waals surface area contributed by atoms with Crippen LogP contribution in [0.1, 0.15) is 22.3 Å². The SMILES string of the molecule is CN(Cc1ccccc1Cl)C(=O)/C(N)=C(/NCc1cc(C(F)(F)F)cc(C(F)(F)F)c1)N1CCOCC1. The van der Waals surface area contributed by atoms with E-state index in [4.69, 9.17) is 22.1 Å². The fraction of sp³-hybridized carbons (Fsp3) is 0.375. The van der Waals surface area contributed by atoms with Crippen LogP contribution in [0.2, 0.25) is 5.02 Å². The number of morpholine rings is 1. The van der Waals surface area contributed by atoms with Crippen molar-refractivity contribution in [3.05, 3.63) is 81.3 Å². The predicted molar refractivity (Wildman–Crippen MR) is 125 cm³/mol. The molecule has 0 radical (unpaired) electrons. The molecule has 1 aliphatic rings. The average Bonchev–Trinajstić information content (AvgIpc) is 2.84. The molecule has 0 unspecified atom stereocenters. The summed E-state index contributed by atoms with van der Waals surface area (Å²) >= 11 is 6.17. The van der Waals surface area contributed by atoms with Crippen LogP contribution in [0.5, 0.6) is 0 Å². The molecule has 1 amide bonds. The number of likely N-dealkylation sites (N-methyl/N-ethyl adjacent to an activating group) is 1. The van der Waals surface area contributed by atoms with Gasteiger partial charge in [-0.2, -0.15) is 26.3 Å². The molecule has 1 fully saturated rings. The Balaban J connectivity index is 1.90. The second-order valence-electron chi connectivity index (χ2n) is 8.38. The van der Waals surface area contributed by atoms with E-state index in [1.54, 1.807) is 29.2 Å². The average molecular weight is 551 g/mol. The number of rotatable bonds is 7. The first-order valence-corrected chi connectivity index (χ1v) is 11.5. The number of carbonyl (C=O) groups is 1. The van der Waals surface area contributed by atoms with Gasteiger partial charge in [-0.3, -0.25) is 4.79 Å². The van der Waals surface area contributed by atoms with Crippen LogP contribution in [0.25, 0.3) is 0 Å². The van der Waals surface area contributed by atoms with Crippen LogP contribution in [0, 0.1) is 0 Å². The molecule has 0 aliphatic carbocycles. The predicted octanol–water partition coefficient (Wildman–Crippen LogP) is 4.59. The molecule has 0 aromatic heterocycles. The molecular formula is C24H25ClF6N4O2. The van der Waals surface area contributed by atoms with Gasteiger partial charge in [0.15, 0.2) is 0 Å². The molecule has 1 heterocycles. The highest BCUT2D eigenvalue weighted by molar-refractivity contribution is 6.31. The van der Waals surface area contributed by atoms with Gasteiger partial charge < -0.3 is 25.6 Å². The Hall–Kier alpha value is -3.12. The zero-order valence-corrected chi connectivity index (χ0v) is 20.5. The first kappa shape index (κ1) is 28.5. The standard InChI is InChI=1S/C24H25ClF6N4O2/c1-34(14-16-4-2-3-5-19(16)25)22(36)20(32)21(35-6-8-37-9-7-35)33-13-15-10-17(23(26,27)28)12-18(11-15)24(29,30)31/h2-5,10-12,33H,6-9,13-14,32H2,1H3/b21-20+. The molecule has 0 atom stereocenters. The molecule has 0 bridgehead atoms. The fourth-order valence-electron chi connectivity index (χ4n) is 3.73. The van der Waals surface area contributed by atoms with Gasteiger partial charge in [0.2, 0.25) is 0 Å². The maximum absolute atomic E-state index is 13.3. The minimum atomic E-state index is -4.98. The van der Waals surface area contributed by atoms with E-state index in [-0.39, 0.29) is 29.7 Å². The molecule has 0 saturated carbocycles. The lowest BCUT2D eigenvalue weighted by atomic mass is 10.0. The normalized spacial score (nSPS) is 15.3. The van der Waals surface area contributed by atoms with Gasteiger partial charge in [-0.15, -0.1) is 0 Å². The highest BCUT2D eigenvalue weighted by atomic mass is 35.5. The lowest BCUT2D eigenvalue weighted by Crippen LogP contribution is -2.44. The molecule has 1 aliphatic heterocycles. The van der Waals surface area contributed by atoms with Gasteiger partial charge in [0.25, 0.3) is 5.91 Å². The summed E-state index contributed by atoms with van der Waals surface area (Å²) in [5.41, 5.74) is 3.47. The Bertz CT molecular complexity index is 1110. The number of ether oxygens (including phenoxy) is 1. The van der Waals surface area contributed by atoms with E-state index in [9.17, 15) is 31.1 Å². The molecule has 2 aromatic rings. The molecule has 6 nitrogen and oxygen atoms in total. The number of hydrogen-bond donors (Lipinski definition) is 2. The molecule has 1 saturated heterocycles. The van der Waals surface area contributed by atoms with Crippen LogP contribution < -0.4 is 11.1 Å². The third-order valence-corrected chi connectivity index (χ3v) is 6.00. The summed E-state index contributed by atoms with van der Waals surface area (Å²) in [6.45, 7) is 0.885. The van der Waals surface area contributed by atoms with E-state index in [2.05, 4.69) is 5.32 Å². The Morgan fingerprint density at radius 2 is 1.62 bits per heavy atom. The van der Waals surface area contributed by atoms with Gasteiger partial charge in [-0.1, -0.05) is 29.8 Å². The summed E-state index contributed by atoms with van der Waals surface area (Å²) in [5, 5.41) is 3.24. The van der Waals surface area contributed by atoms with Crippen molar-refractivity contribution < 1.29 is 35.9 Å². The maximum atomic E-state index is 13.3. The highest BCUT2D eigenvalue weighted by Gasteiger charge is 2.37. The highest BCUT2D eigenvalue weighted by Crippen LogP contribution is 2.36. The fourth-order valence-corrected chi connectivity index (χ4v) is 3.93. The van der Waals surface area contributed by atoms with Gasteiger partial charge in [0.1, 0.15) is 11.5 Å². The zero-order valence-electron chi connectivity index (χ0n) is 19.7. The summed E-state index contributed by atoms with van der Waals surface area (Å²) in [6.07, 6.45) is -9.95. The quantitative estimate of drug-likeness (QED) is 0.390. The van der Waals surface area contributed by atoms with Crippen molar-refractivity contribution in [3.8, 4) is 0 Å². The Kier molecular flexibility index (Phi) is 8.85. The van der Waals surface area contributed by atoms with Crippen LogP contribution in [0.15, 0.2) is 54.0 Å². The number of alkyl halides is 6. The molecule has 0 spiro atoms. The minimum Gasteiger partial charge on any atom is -0.391 e. The molecule has 13 heteroatoms. The van der Waals surface area contributed by atoms with Gasteiger partial charge in [-0.25, -0.2) is 0 Å². The van der Waals surface area contributed by atoms with E-state index in [1.165, 1.54) is 11.9 Å². The van der Waals surface area contributed by atoms with Gasteiger partial charge >= 0.3 is 12.4 Å². The molecule has 2 aromatic carbocycles. The molecule has 37 heavy (non-hydrogen) atoms. The van der Waals surface area contributed by atoms with Crippen molar-refractivity contribution in [2.45, 2.75) is 25.4 Å². The Morgan fingerprint density at radius 3 is 2.16 bits per heavy atom. The third-order valence-electron chi connectivity index (χ3n) is 5.63.